The lowest BCUT2D eigenvalue weighted by atomic mass is 9.53. The SMILES string of the molecule is CCC(C)[Si](C#C[C@]1(O)CC[C@H]2[C@@H]3CCc4cc(O)ccc4[C@H]3CC[C@@]21C)(CC)CC. The van der Waals surface area contributed by atoms with E-state index in [0.29, 0.717) is 29.0 Å². The Balaban J connectivity index is 1.64. The van der Waals surface area contributed by atoms with E-state index < -0.39 is 13.7 Å². The van der Waals surface area contributed by atoms with Crippen LogP contribution in [0, 0.1) is 28.7 Å². The Morgan fingerprint density at radius 1 is 1.13 bits per heavy atom. The molecule has 3 aliphatic carbocycles. The number of benzene rings is 1. The lowest BCUT2D eigenvalue weighted by Gasteiger charge is -2.52. The summed E-state index contributed by atoms with van der Waals surface area (Å²) in [4.78, 5) is 0. The zero-order chi connectivity index (χ0) is 22.4. The van der Waals surface area contributed by atoms with Crippen molar-refractivity contribution in [2.24, 2.45) is 17.3 Å². The van der Waals surface area contributed by atoms with Crippen LogP contribution in [0.3, 0.4) is 0 Å². The first kappa shape index (κ1) is 22.9. The molecular weight excluding hydrogens is 396 g/mol. The molecule has 2 fully saturated rings. The van der Waals surface area contributed by atoms with E-state index in [0.717, 1.165) is 32.1 Å². The van der Waals surface area contributed by atoms with Crippen molar-refractivity contribution in [3.05, 3.63) is 29.3 Å². The maximum absolute atomic E-state index is 12.0. The van der Waals surface area contributed by atoms with Crippen LogP contribution in [0.15, 0.2) is 18.2 Å². The first-order chi connectivity index (χ1) is 14.7. The van der Waals surface area contributed by atoms with Gasteiger partial charge in [0.15, 0.2) is 0 Å². The van der Waals surface area contributed by atoms with Crippen molar-refractivity contribution in [2.75, 3.05) is 0 Å². The second kappa shape index (κ2) is 8.27. The molecule has 170 valence electrons. The van der Waals surface area contributed by atoms with Gasteiger partial charge in [0.25, 0.3) is 0 Å². The molecule has 2 saturated carbocycles. The number of aryl methyl sites for hydroxylation is 1. The van der Waals surface area contributed by atoms with Crippen molar-refractivity contribution in [3.8, 4) is 17.2 Å². The molecule has 2 N–H and O–H groups in total. The molecule has 0 spiro atoms. The lowest BCUT2D eigenvalue weighted by molar-refractivity contribution is -0.0647. The molecule has 2 nitrogen and oxygen atoms in total. The largest absolute Gasteiger partial charge is 0.508 e. The first-order valence-electron chi connectivity index (χ1n) is 12.8. The van der Waals surface area contributed by atoms with Gasteiger partial charge in [-0.15, -0.1) is 5.54 Å². The van der Waals surface area contributed by atoms with Gasteiger partial charge in [0.2, 0.25) is 0 Å². The molecule has 0 heterocycles. The van der Waals surface area contributed by atoms with Gasteiger partial charge in [-0.3, -0.25) is 0 Å². The van der Waals surface area contributed by atoms with Crippen LogP contribution in [-0.4, -0.2) is 23.9 Å². The molecule has 1 aromatic carbocycles. The fourth-order valence-corrected chi connectivity index (χ4v) is 11.4. The van der Waals surface area contributed by atoms with Crippen LogP contribution in [0.2, 0.25) is 17.6 Å². The third-order valence-corrected chi connectivity index (χ3v) is 15.6. The van der Waals surface area contributed by atoms with Crippen molar-refractivity contribution < 1.29 is 10.2 Å². The Labute approximate surface area is 190 Å². The van der Waals surface area contributed by atoms with Crippen molar-refractivity contribution in [1.82, 2.24) is 0 Å². The number of aromatic hydroxyl groups is 1. The van der Waals surface area contributed by atoms with Gasteiger partial charge in [-0.25, -0.2) is 0 Å². The second-order valence-electron chi connectivity index (χ2n) is 11.1. The third-order valence-electron chi connectivity index (χ3n) is 10.2. The number of fused-ring (bicyclic) bond motifs is 5. The molecule has 3 aliphatic rings. The highest BCUT2D eigenvalue weighted by Crippen LogP contribution is 2.64. The summed E-state index contributed by atoms with van der Waals surface area (Å²) < 4.78 is 0. The quantitative estimate of drug-likeness (QED) is 0.400. The van der Waals surface area contributed by atoms with Crippen molar-refractivity contribution in [1.29, 1.82) is 0 Å². The van der Waals surface area contributed by atoms with Gasteiger partial charge < -0.3 is 10.2 Å². The van der Waals surface area contributed by atoms with Gasteiger partial charge in [0, 0.05) is 5.41 Å². The van der Waals surface area contributed by atoms with Gasteiger partial charge in [-0.2, -0.15) is 0 Å². The fourth-order valence-electron chi connectivity index (χ4n) is 7.66. The van der Waals surface area contributed by atoms with E-state index in [4.69, 9.17) is 0 Å². The zero-order valence-corrected chi connectivity index (χ0v) is 21.3. The minimum Gasteiger partial charge on any atom is -0.508 e. The average Bonchev–Trinajstić information content (AvgIpc) is 3.05. The van der Waals surface area contributed by atoms with E-state index in [1.807, 2.05) is 12.1 Å². The molecule has 0 radical (unpaired) electrons. The highest BCUT2D eigenvalue weighted by molar-refractivity contribution is 6.88. The van der Waals surface area contributed by atoms with Crippen LogP contribution in [0.25, 0.3) is 0 Å². The van der Waals surface area contributed by atoms with Crippen LogP contribution >= 0.6 is 0 Å². The summed E-state index contributed by atoms with van der Waals surface area (Å²) in [5.41, 5.74) is 6.40. The van der Waals surface area contributed by atoms with Gasteiger partial charge in [-0.05, 0) is 97.2 Å². The Hall–Kier alpha value is -1.24. The van der Waals surface area contributed by atoms with E-state index in [9.17, 15) is 10.2 Å². The molecule has 0 amide bonds. The summed E-state index contributed by atoms with van der Waals surface area (Å²) in [5.74, 6) is 5.78. The first-order valence-corrected chi connectivity index (χ1v) is 15.3. The predicted molar refractivity (Wildman–Crippen MR) is 132 cm³/mol. The van der Waals surface area contributed by atoms with Crippen LogP contribution in [-0.2, 0) is 6.42 Å². The zero-order valence-electron chi connectivity index (χ0n) is 20.3. The van der Waals surface area contributed by atoms with Crippen molar-refractivity contribution in [2.45, 2.75) is 109 Å². The normalized spacial score (nSPS) is 35.4. The number of hydrogen-bond donors (Lipinski definition) is 2. The molecule has 6 atom stereocenters. The molecule has 0 aromatic heterocycles. The summed E-state index contributed by atoms with van der Waals surface area (Å²) in [5, 5.41) is 21.9. The molecule has 0 aliphatic heterocycles. The van der Waals surface area contributed by atoms with Gasteiger partial charge in [0.05, 0.1) is 0 Å². The minimum absolute atomic E-state index is 0.0906. The van der Waals surface area contributed by atoms with Gasteiger partial charge in [-0.1, -0.05) is 53.0 Å². The Kier molecular flexibility index (Phi) is 6.12. The van der Waals surface area contributed by atoms with Crippen LogP contribution < -0.4 is 0 Å². The van der Waals surface area contributed by atoms with Crippen molar-refractivity contribution >= 4 is 8.07 Å². The summed E-state index contributed by atoms with van der Waals surface area (Å²) in [6, 6.07) is 8.39. The smallest absolute Gasteiger partial charge is 0.140 e. The molecular formula is C28H42O2Si. The molecule has 1 unspecified atom stereocenters. The van der Waals surface area contributed by atoms with Gasteiger partial charge in [0.1, 0.15) is 19.4 Å². The molecule has 3 heteroatoms. The molecule has 4 rings (SSSR count). The number of phenolic OH excluding ortho intramolecular Hbond substituents is 1. The highest BCUT2D eigenvalue weighted by atomic mass is 28.3. The number of hydrogen-bond acceptors (Lipinski definition) is 2. The summed E-state index contributed by atoms with van der Waals surface area (Å²) in [6.07, 6.45) is 7.56. The summed E-state index contributed by atoms with van der Waals surface area (Å²) in [6.45, 7) is 11.7. The van der Waals surface area contributed by atoms with Crippen LogP contribution in [0.1, 0.15) is 90.2 Å². The van der Waals surface area contributed by atoms with Crippen molar-refractivity contribution in [3.63, 3.8) is 0 Å². The van der Waals surface area contributed by atoms with E-state index in [1.54, 1.807) is 0 Å². The monoisotopic (exact) mass is 438 g/mol. The van der Waals surface area contributed by atoms with Gasteiger partial charge >= 0.3 is 0 Å². The molecule has 1 aromatic rings. The molecule has 31 heavy (non-hydrogen) atoms. The van der Waals surface area contributed by atoms with E-state index >= 15 is 0 Å². The van der Waals surface area contributed by atoms with E-state index in [1.165, 1.54) is 36.1 Å². The molecule has 0 bridgehead atoms. The van der Waals surface area contributed by atoms with Crippen LogP contribution in [0.4, 0.5) is 0 Å². The Morgan fingerprint density at radius 3 is 2.55 bits per heavy atom. The number of phenols is 1. The fraction of sp³-hybridized carbons (Fsp3) is 0.714. The number of rotatable bonds is 4. The average molecular weight is 439 g/mol. The van der Waals surface area contributed by atoms with E-state index in [2.05, 4.69) is 52.1 Å². The third kappa shape index (κ3) is 3.49. The van der Waals surface area contributed by atoms with Crippen LogP contribution in [0.5, 0.6) is 5.75 Å². The highest BCUT2D eigenvalue weighted by Gasteiger charge is 2.61. The maximum atomic E-state index is 12.0. The minimum atomic E-state index is -1.68. The Bertz CT molecular complexity index is 879. The molecule has 0 saturated heterocycles. The predicted octanol–water partition coefficient (Wildman–Crippen LogP) is 6.81. The lowest BCUT2D eigenvalue weighted by Crippen LogP contribution is -2.50. The topological polar surface area (TPSA) is 40.5 Å². The standard InChI is InChI=1S/C28H42O2Si/c1-6-20(4)31(7-2,8-3)18-17-28(30)16-14-26-25-11-9-21-19-22(29)10-12-23(21)24(25)13-15-27(26,28)5/h10,12,19-20,24-26,29-30H,6-9,11,13-16H2,1-5H3/t20?,24-,25-,26+,27+,28-/m1/s1. The van der Waals surface area contributed by atoms with E-state index in [-0.39, 0.29) is 5.41 Å². The summed E-state index contributed by atoms with van der Waals surface area (Å²) in [7, 11) is -1.68. The second-order valence-corrected chi connectivity index (χ2v) is 16.0. The summed E-state index contributed by atoms with van der Waals surface area (Å²) >= 11 is 0. The Morgan fingerprint density at radius 2 is 1.87 bits per heavy atom. The maximum Gasteiger partial charge on any atom is 0.140 e. The number of aliphatic hydroxyl groups is 1.